The van der Waals surface area contributed by atoms with Gasteiger partial charge in [-0.2, -0.15) is 8.78 Å². The second kappa shape index (κ2) is 5.37. The maximum absolute atomic E-state index is 12.9. The van der Waals surface area contributed by atoms with E-state index < -0.39 is 11.9 Å². The number of alkyl halides is 2. The summed E-state index contributed by atoms with van der Waals surface area (Å²) < 4.78 is 30.6. The normalized spacial score (nSPS) is 34.9. The minimum Gasteiger partial charge on any atom is -0.461 e. The van der Waals surface area contributed by atoms with Crippen LogP contribution in [0.4, 0.5) is 8.78 Å². The molecule has 2 rings (SSSR count). The first kappa shape index (κ1) is 14.7. The largest absolute Gasteiger partial charge is 0.461 e. The van der Waals surface area contributed by atoms with Crippen LogP contribution in [0, 0.1) is 17.3 Å². The van der Waals surface area contributed by atoms with E-state index in [-0.39, 0.29) is 12.0 Å². The number of ether oxygens (including phenoxy) is 1. The Balaban J connectivity index is 1.98. The van der Waals surface area contributed by atoms with Crippen molar-refractivity contribution < 1.29 is 18.3 Å². The first-order valence-corrected chi connectivity index (χ1v) is 7.40. The molecule has 110 valence electrons. The van der Waals surface area contributed by atoms with Gasteiger partial charge in [-0.05, 0) is 37.5 Å². The molecule has 2 nitrogen and oxygen atoms in total. The zero-order valence-corrected chi connectivity index (χ0v) is 11.9. The molecule has 0 aromatic carbocycles. The van der Waals surface area contributed by atoms with E-state index >= 15 is 0 Å². The van der Waals surface area contributed by atoms with Gasteiger partial charge in [0.15, 0.2) is 0 Å². The maximum Gasteiger partial charge on any atom is 0.376 e. The lowest BCUT2D eigenvalue weighted by Gasteiger charge is -2.48. The van der Waals surface area contributed by atoms with Gasteiger partial charge in [0.2, 0.25) is 0 Å². The van der Waals surface area contributed by atoms with E-state index in [9.17, 15) is 13.6 Å². The summed E-state index contributed by atoms with van der Waals surface area (Å²) in [5, 5.41) is 0. The first-order valence-electron chi connectivity index (χ1n) is 7.40. The lowest BCUT2D eigenvalue weighted by atomic mass is 9.59. The van der Waals surface area contributed by atoms with Gasteiger partial charge in [-0.15, -0.1) is 0 Å². The molecule has 0 spiro atoms. The van der Waals surface area contributed by atoms with Gasteiger partial charge in [-0.3, -0.25) is 0 Å². The fourth-order valence-electron chi connectivity index (χ4n) is 3.98. The third-order valence-corrected chi connectivity index (χ3v) is 4.87. The average Bonchev–Trinajstić information content (AvgIpc) is 2.34. The SMILES string of the molecule is CCC1CC2CCCC(COC(=O)C(C)(F)F)(C1)C2. The van der Waals surface area contributed by atoms with E-state index in [0.29, 0.717) is 18.8 Å². The number of carbonyl (C=O) groups is 1. The van der Waals surface area contributed by atoms with E-state index in [2.05, 4.69) is 6.92 Å². The molecule has 0 saturated heterocycles. The van der Waals surface area contributed by atoms with Crippen LogP contribution in [0.3, 0.4) is 0 Å². The van der Waals surface area contributed by atoms with Crippen molar-refractivity contribution in [1.29, 1.82) is 0 Å². The molecule has 0 amide bonds. The van der Waals surface area contributed by atoms with Crippen molar-refractivity contribution in [3.63, 3.8) is 0 Å². The molecule has 3 atom stereocenters. The molecule has 4 heteroatoms. The fraction of sp³-hybridized carbons (Fsp3) is 0.933. The molecule has 0 radical (unpaired) electrons. The Morgan fingerprint density at radius 1 is 1.42 bits per heavy atom. The number of hydrogen-bond acceptors (Lipinski definition) is 2. The molecule has 0 aliphatic heterocycles. The Morgan fingerprint density at radius 3 is 2.79 bits per heavy atom. The summed E-state index contributed by atoms with van der Waals surface area (Å²) in [5.41, 5.74) is -0.0250. The molecular formula is C15H24F2O2. The smallest absolute Gasteiger partial charge is 0.376 e. The van der Waals surface area contributed by atoms with Gasteiger partial charge in [-0.25, -0.2) is 4.79 Å². The van der Waals surface area contributed by atoms with Crippen LogP contribution >= 0.6 is 0 Å². The van der Waals surface area contributed by atoms with Gasteiger partial charge < -0.3 is 4.74 Å². The number of esters is 1. The minimum absolute atomic E-state index is 0.0250. The quantitative estimate of drug-likeness (QED) is 0.719. The standard InChI is InChI=1S/C15H24F2O2/c1-3-11-7-12-5-4-6-15(8-11,9-12)10-19-13(18)14(2,16)17/h11-12H,3-10H2,1-2H3. The monoisotopic (exact) mass is 274 g/mol. The van der Waals surface area contributed by atoms with Crippen LogP contribution in [0.2, 0.25) is 0 Å². The maximum atomic E-state index is 12.9. The topological polar surface area (TPSA) is 26.3 Å². The van der Waals surface area contributed by atoms with E-state index in [1.807, 2.05) is 0 Å². The van der Waals surface area contributed by atoms with Crippen molar-refractivity contribution >= 4 is 5.97 Å². The molecular weight excluding hydrogens is 250 g/mol. The molecule has 0 heterocycles. The van der Waals surface area contributed by atoms with Gasteiger partial charge in [0, 0.05) is 12.3 Å². The zero-order chi connectivity index (χ0) is 14.1. The summed E-state index contributed by atoms with van der Waals surface area (Å²) >= 11 is 0. The highest BCUT2D eigenvalue weighted by Crippen LogP contribution is 2.51. The summed E-state index contributed by atoms with van der Waals surface area (Å²) in [6.45, 7) is 2.97. The predicted molar refractivity (Wildman–Crippen MR) is 69.0 cm³/mol. The number of halogens is 2. The van der Waals surface area contributed by atoms with Gasteiger partial charge in [-0.1, -0.05) is 26.2 Å². The van der Waals surface area contributed by atoms with E-state index in [4.69, 9.17) is 4.74 Å². The van der Waals surface area contributed by atoms with Crippen molar-refractivity contribution in [2.75, 3.05) is 6.61 Å². The summed E-state index contributed by atoms with van der Waals surface area (Å²) in [4.78, 5) is 11.2. The molecule has 0 N–H and O–H groups in total. The number of hydrogen-bond donors (Lipinski definition) is 0. The Hall–Kier alpha value is -0.670. The van der Waals surface area contributed by atoms with Crippen LogP contribution in [0.5, 0.6) is 0 Å². The molecule has 0 aromatic heterocycles. The first-order chi connectivity index (χ1) is 8.85. The molecule has 2 fully saturated rings. The van der Waals surface area contributed by atoms with E-state index in [1.54, 1.807) is 0 Å². The Bertz CT molecular complexity index is 338. The third kappa shape index (κ3) is 3.46. The molecule has 0 aromatic rings. The highest BCUT2D eigenvalue weighted by molar-refractivity contribution is 5.76. The van der Waals surface area contributed by atoms with Crippen LogP contribution in [0.1, 0.15) is 58.8 Å². The van der Waals surface area contributed by atoms with E-state index in [1.165, 1.54) is 12.8 Å². The Labute approximate surface area is 113 Å². The summed E-state index contributed by atoms with van der Waals surface area (Å²) in [7, 11) is 0. The van der Waals surface area contributed by atoms with Crippen molar-refractivity contribution in [2.24, 2.45) is 17.3 Å². The molecule has 3 unspecified atom stereocenters. The molecule has 2 saturated carbocycles. The van der Waals surface area contributed by atoms with Crippen LogP contribution in [0.15, 0.2) is 0 Å². The number of rotatable bonds is 4. The zero-order valence-electron chi connectivity index (χ0n) is 11.9. The fourth-order valence-corrected chi connectivity index (χ4v) is 3.98. The summed E-state index contributed by atoms with van der Waals surface area (Å²) in [6, 6.07) is 0. The highest BCUT2D eigenvalue weighted by atomic mass is 19.3. The summed E-state index contributed by atoms with van der Waals surface area (Å²) in [5.74, 6) is -3.38. The van der Waals surface area contributed by atoms with E-state index in [0.717, 1.165) is 32.1 Å². The van der Waals surface area contributed by atoms with Gasteiger partial charge in [0.1, 0.15) is 0 Å². The van der Waals surface area contributed by atoms with Crippen molar-refractivity contribution in [1.82, 2.24) is 0 Å². The molecule has 19 heavy (non-hydrogen) atoms. The van der Waals surface area contributed by atoms with Gasteiger partial charge in [0.25, 0.3) is 0 Å². The Kier molecular flexibility index (Phi) is 4.17. The average molecular weight is 274 g/mol. The molecule has 2 aliphatic rings. The molecule has 2 bridgehead atoms. The minimum atomic E-state index is -3.37. The predicted octanol–water partition coefficient (Wildman–Crippen LogP) is 4.18. The van der Waals surface area contributed by atoms with Crippen LogP contribution in [-0.2, 0) is 9.53 Å². The van der Waals surface area contributed by atoms with Crippen LogP contribution in [-0.4, -0.2) is 18.5 Å². The lowest BCUT2D eigenvalue weighted by Crippen LogP contribution is -2.42. The van der Waals surface area contributed by atoms with Crippen molar-refractivity contribution in [2.45, 2.75) is 64.7 Å². The second-order valence-corrected chi connectivity index (χ2v) is 6.64. The lowest BCUT2D eigenvalue weighted by molar-refractivity contribution is -0.175. The van der Waals surface area contributed by atoms with Gasteiger partial charge >= 0.3 is 11.9 Å². The Morgan fingerprint density at radius 2 is 2.16 bits per heavy atom. The number of fused-ring (bicyclic) bond motifs is 2. The second-order valence-electron chi connectivity index (χ2n) is 6.64. The van der Waals surface area contributed by atoms with Gasteiger partial charge in [0.05, 0.1) is 6.61 Å². The van der Waals surface area contributed by atoms with Crippen LogP contribution < -0.4 is 0 Å². The van der Waals surface area contributed by atoms with Crippen molar-refractivity contribution in [3.05, 3.63) is 0 Å². The van der Waals surface area contributed by atoms with Crippen LogP contribution in [0.25, 0.3) is 0 Å². The summed E-state index contributed by atoms with van der Waals surface area (Å²) in [6.07, 6.45) is 7.88. The highest BCUT2D eigenvalue weighted by Gasteiger charge is 2.44. The molecule has 2 aliphatic carbocycles. The van der Waals surface area contributed by atoms with Crippen molar-refractivity contribution in [3.8, 4) is 0 Å². The number of carbonyl (C=O) groups excluding carboxylic acids is 1. The third-order valence-electron chi connectivity index (χ3n) is 4.87.